The molecule has 43 heavy (non-hydrogen) atoms. The van der Waals surface area contributed by atoms with Gasteiger partial charge in [0.25, 0.3) is 0 Å². The average Bonchev–Trinajstić information content (AvgIpc) is 2.98. The number of carbonyl (C=O) groups excluding carboxylic acids is 1. The lowest BCUT2D eigenvalue weighted by molar-refractivity contribution is -0.134. The minimum atomic E-state index is 0. The first-order valence-electron chi connectivity index (χ1n) is 14.6. The summed E-state index contributed by atoms with van der Waals surface area (Å²) in [5.41, 5.74) is 3.64. The number of piperazine rings is 2. The number of amides is 1. The number of hydrogen-bond acceptors (Lipinski definition) is 6. The molecule has 0 unspecified atom stereocenters. The Kier molecular flexibility index (Phi) is 12.6. The van der Waals surface area contributed by atoms with Gasteiger partial charge in [0.2, 0.25) is 5.91 Å². The second kappa shape index (κ2) is 15.7. The summed E-state index contributed by atoms with van der Waals surface area (Å²) < 4.78 is 17.7. The van der Waals surface area contributed by atoms with Crippen LogP contribution in [0.15, 0.2) is 72.8 Å². The lowest BCUT2D eigenvalue weighted by Gasteiger charge is -2.53. The van der Waals surface area contributed by atoms with Crippen molar-refractivity contribution < 1.29 is 19.0 Å². The number of carbonyl (C=O) groups is 1. The maximum atomic E-state index is 12.4. The monoisotopic (exact) mass is 629 g/mol. The van der Waals surface area contributed by atoms with Crippen LogP contribution in [0.4, 0.5) is 0 Å². The van der Waals surface area contributed by atoms with Crippen molar-refractivity contribution in [3.05, 3.63) is 89.5 Å². The van der Waals surface area contributed by atoms with Crippen LogP contribution in [0.3, 0.4) is 0 Å². The molecular formula is C34H45Cl2N3O4. The van der Waals surface area contributed by atoms with Gasteiger partial charge in [-0.25, -0.2) is 0 Å². The van der Waals surface area contributed by atoms with E-state index in [2.05, 4.69) is 70.5 Å². The van der Waals surface area contributed by atoms with Crippen molar-refractivity contribution >= 4 is 30.7 Å². The van der Waals surface area contributed by atoms with Crippen molar-refractivity contribution in [1.29, 1.82) is 0 Å². The summed E-state index contributed by atoms with van der Waals surface area (Å²) in [5, 5.41) is 0. The molecule has 2 atom stereocenters. The molecule has 7 nitrogen and oxygen atoms in total. The Morgan fingerprint density at radius 2 is 1.44 bits per heavy atom. The van der Waals surface area contributed by atoms with Crippen LogP contribution < -0.4 is 14.2 Å². The van der Waals surface area contributed by atoms with Crippen LogP contribution in [0.25, 0.3) is 0 Å². The van der Waals surface area contributed by atoms with Crippen molar-refractivity contribution in [3.8, 4) is 17.2 Å². The normalized spacial score (nSPS) is 18.8. The van der Waals surface area contributed by atoms with Crippen LogP contribution in [-0.2, 0) is 11.3 Å². The van der Waals surface area contributed by atoms with Crippen LogP contribution in [0.5, 0.6) is 17.2 Å². The van der Waals surface area contributed by atoms with Gasteiger partial charge in [0, 0.05) is 76.3 Å². The van der Waals surface area contributed by atoms with E-state index >= 15 is 0 Å². The molecule has 0 saturated carbocycles. The van der Waals surface area contributed by atoms with Crippen molar-refractivity contribution in [2.45, 2.75) is 51.4 Å². The molecule has 5 rings (SSSR count). The Balaban J connectivity index is 0.00000253. The van der Waals surface area contributed by atoms with Gasteiger partial charge >= 0.3 is 0 Å². The van der Waals surface area contributed by atoms with E-state index in [1.807, 2.05) is 30.9 Å². The molecule has 0 aromatic heterocycles. The Labute approximate surface area is 268 Å². The fraction of sp³-hybridized carbons (Fsp3) is 0.441. The fourth-order valence-corrected chi connectivity index (χ4v) is 6.51. The molecule has 0 bridgehead atoms. The van der Waals surface area contributed by atoms with Crippen LogP contribution in [-0.4, -0.2) is 85.7 Å². The zero-order valence-electron chi connectivity index (χ0n) is 25.8. The SMILES string of the molecule is COc1cc(OC)c(CN2C[C@@H]3CN(C(C)=O)CCN3[C@H](C(c3ccccc3)c3ccccc3)C2)c(OC(C)C)c1.Cl.Cl. The molecule has 3 aromatic carbocycles. The van der Waals surface area contributed by atoms with Crippen molar-refractivity contribution in [2.24, 2.45) is 0 Å². The molecule has 2 aliphatic heterocycles. The lowest BCUT2D eigenvalue weighted by atomic mass is 9.81. The van der Waals surface area contributed by atoms with Crippen LogP contribution >= 0.6 is 24.8 Å². The molecule has 0 N–H and O–H groups in total. The summed E-state index contributed by atoms with van der Waals surface area (Å²) in [6.07, 6.45) is 0.0122. The summed E-state index contributed by atoms with van der Waals surface area (Å²) in [6, 6.07) is 26.0. The molecule has 2 saturated heterocycles. The molecule has 2 aliphatic rings. The molecule has 234 valence electrons. The van der Waals surface area contributed by atoms with Gasteiger partial charge < -0.3 is 19.1 Å². The second-order valence-electron chi connectivity index (χ2n) is 11.4. The highest BCUT2D eigenvalue weighted by molar-refractivity contribution is 5.85. The quantitative estimate of drug-likeness (QED) is 0.294. The van der Waals surface area contributed by atoms with E-state index in [1.54, 1.807) is 21.1 Å². The minimum absolute atomic E-state index is 0. The molecule has 0 spiro atoms. The third-order valence-electron chi connectivity index (χ3n) is 8.36. The number of rotatable bonds is 9. The average molecular weight is 631 g/mol. The minimum Gasteiger partial charge on any atom is -0.496 e. The first-order chi connectivity index (χ1) is 19.9. The smallest absolute Gasteiger partial charge is 0.219 e. The summed E-state index contributed by atoms with van der Waals surface area (Å²) >= 11 is 0. The molecule has 0 aliphatic carbocycles. The zero-order valence-corrected chi connectivity index (χ0v) is 27.4. The predicted molar refractivity (Wildman–Crippen MR) is 176 cm³/mol. The summed E-state index contributed by atoms with van der Waals surface area (Å²) in [5.74, 6) is 2.59. The molecule has 2 heterocycles. The van der Waals surface area contributed by atoms with Crippen LogP contribution in [0, 0.1) is 0 Å². The number of nitrogens with zero attached hydrogens (tertiary/aromatic N) is 3. The predicted octanol–water partition coefficient (Wildman–Crippen LogP) is 5.88. The Morgan fingerprint density at radius 3 is 1.98 bits per heavy atom. The van der Waals surface area contributed by atoms with Gasteiger partial charge in [-0.1, -0.05) is 60.7 Å². The van der Waals surface area contributed by atoms with Gasteiger partial charge in [0.05, 0.1) is 25.9 Å². The highest BCUT2D eigenvalue weighted by Gasteiger charge is 2.43. The van der Waals surface area contributed by atoms with Crippen LogP contribution in [0.2, 0.25) is 0 Å². The van der Waals surface area contributed by atoms with Gasteiger partial charge in [-0.05, 0) is 25.0 Å². The number of halogens is 2. The fourth-order valence-electron chi connectivity index (χ4n) is 6.51. The molecule has 9 heteroatoms. The third-order valence-corrected chi connectivity index (χ3v) is 8.36. The third kappa shape index (κ3) is 7.95. The molecule has 1 amide bonds. The van der Waals surface area contributed by atoms with E-state index in [4.69, 9.17) is 14.2 Å². The van der Waals surface area contributed by atoms with Crippen molar-refractivity contribution in [2.75, 3.05) is 46.9 Å². The maximum absolute atomic E-state index is 12.4. The molecular weight excluding hydrogens is 585 g/mol. The number of methoxy groups -OCH3 is 2. The van der Waals surface area contributed by atoms with Gasteiger partial charge in [0.1, 0.15) is 17.2 Å². The first kappa shape index (κ1) is 34.5. The Bertz CT molecular complexity index is 1270. The molecule has 3 aromatic rings. The largest absolute Gasteiger partial charge is 0.496 e. The Morgan fingerprint density at radius 1 is 0.837 bits per heavy atom. The van der Waals surface area contributed by atoms with Gasteiger partial charge in [-0.3, -0.25) is 14.6 Å². The standard InChI is InChI=1S/C34H43N3O4.2ClH/c1-24(2)41-33-19-29(39-4)18-32(40-5)30(33)22-35-20-28-21-36(25(3)38)16-17-37(28)31(23-35)34(26-12-8-6-9-13-26)27-14-10-7-11-15-27;;/h6-15,18-19,24,28,31,34H,16-17,20-23H2,1-5H3;2*1H/t28-,31+;;/m1../s1. The van der Waals surface area contributed by atoms with E-state index < -0.39 is 0 Å². The first-order valence-corrected chi connectivity index (χ1v) is 14.6. The van der Waals surface area contributed by atoms with E-state index in [0.29, 0.717) is 12.3 Å². The topological polar surface area (TPSA) is 54.5 Å². The van der Waals surface area contributed by atoms with Gasteiger partial charge in [-0.15, -0.1) is 24.8 Å². The van der Waals surface area contributed by atoms with E-state index in [-0.39, 0.29) is 54.8 Å². The van der Waals surface area contributed by atoms with Gasteiger partial charge in [0.15, 0.2) is 0 Å². The van der Waals surface area contributed by atoms with E-state index in [9.17, 15) is 4.79 Å². The van der Waals surface area contributed by atoms with Crippen molar-refractivity contribution in [3.63, 3.8) is 0 Å². The summed E-state index contributed by atoms with van der Waals surface area (Å²) in [6.45, 7) is 10.5. The zero-order chi connectivity index (χ0) is 28.9. The number of hydrogen-bond donors (Lipinski definition) is 0. The summed E-state index contributed by atoms with van der Waals surface area (Å²) in [7, 11) is 3.36. The van der Waals surface area contributed by atoms with Crippen molar-refractivity contribution in [1.82, 2.24) is 14.7 Å². The Hall–Kier alpha value is -2.97. The summed E-state index contributed by atoms with van der Waals surface area (Å²) in [4.78, 5) is 19.6. The van der Waals surface area contributed by atoms with E-state index in [1.165, 1.54) is 11.1 Å². The molecule has 2 fully saturated rings. The second-order valence-corrected chi connectivity index (χ2v) is 11.4. The highest BCUT2D eigenvalue weighted by atomic mass is 35.5. The number of ether oxygens (including phenoxy) is 3. The number of fused-ring (bicyclic) bond motifs is 1. The lowest BCUT2D eigenvalue weighted by Crippen LogP contribution is -2.67. The van der Waals surface area contributed by atoms with Gasteiger partial charge in [-0.2, -0.15) is 0 Å². The van der Waals surface area contributed by atoms with E-state index in [0.717, 1.165) is 49.8 Å². The highest BCUT2D eigenvalue weighted by Crippen LogP contribution is 2.39. The maximum Gasteiger partial charge on any atom is 0.219 e. The number of benzene rings is 3. The van der Waals surface area contributed by atoms with Crippen LogP contribution in [0.1, 0.15) is 43.4 Å². The molecule has 0 radical (unpaired) electrons.